The van der Waals surface area contributed by atoms with E-state index in [0.29, 0.717) is 6.54 Å². The lowest BCUT2D eigenvalue weighted by atomic mass is 10.1. The molecule has 0 saturated heterocycles. The van der Waals surface area contributed by atoms with E-state index in [1.165, 1.54) is 23.2 Å². The number of aromatic hydroxyl groups is 1. The Kier molecular flexibility index (Phi) is 4.65. The van der Waals surface area contributed by atoms with Gasteiger partial charge in [-0.1, -0.05) is 0 Å². The van der Waals surface area contributed by atoms with Crippen LogP contribution in [0, 0.1) is 0 Å². The highest BCUT2D eigenvalue weighted by atomic mass is 16.4. The summed E-state index contributed by atoms with van der Waals surface area (Å²) in [5.41, 5.74) is -0.0587. The van der Waals surface area contributed by atoms with Gasteiger partial charge in [0.15, 0.2) is 5.69 Å². The van der Waals surface area contributed by atoms with E-state index in [2.05, 4.69) is 4.98 Å². The van der Waals surface area contributed by atoms with E-state index >= 15 is 0 Å². The number of nitrogens with zero attached hydrogens (tertiary/aromatic N) is 2. The second kappa shape index (κ2) is 6.00. The number of carbonyl (C=O) groups excluding carboxylic acids is 1. The molecular weight excluding hydrogens is 236 g/mol. The molecule has 0 aliphatic rings. The molecule has 1 atom stereocenters. The maximum absolute atomic E-state index is 12.1. The first kappa shape index (κ1) is 14.0. The first-order chi connectivity index (χ1) is 8.47. The van der Waals surface area contributed by atoms with E-state index < -0.39 is 17.9 Å². The number of hydrogen-bond acceptors (Lipinski definition) is 4. The molecule has 0 saturated carbocycles. The SMILES string of the molecule is CCN(C(=O)c1ncccc1O)C(C)CC(=O)O. The predicted molar refractivity (Wildman–Crippen MR) is 64.3 cm³/mol. The summed E-state index contributed by atoms with van der Waals surface area (Å²) in [7, 11) is 0. The molecule has 1 unspecified atom stereocenters. The largest absolute Gasteiger partial charge is 0.505 e. The van der Waals surface area contributed by atoms with Crippen LogP contribution in [0.25, 0.3) is 0 Å². The lowest BCUT2D eigenvalue weighted by molar-refractivity contribution is -0.138. The Morgan fingerprint density at radius 2 is 2.17 bits per heavy atom. The zero-order valence-corrected chi connectivity index (χ0v) is 10.3. The van der Waals surface area contributed by atoms with E-state index in [0.717, 1.165) is 0 Å². The highest BCUT2D eigenvalue weighted by Gasteiger charge is 2.24. The molecule has 2 N–H and O–H groups in total. The molecule has 1 amide bonds. The fourth-order valence-corrected chi connectivity index (χ4v) is 1.72. The normalized spacial score (nSPS) is 11.9. The topological polar surface area (TPSA) is 90.7 Å². The Morgan fingerprint density at radius 3 is 2.67 bits per heavy atom. The minimum atomic E-state index is -0.973. The highest BCUT2D eigenvalue weighted by Crippen LogP contribution is 2.17. The molecule has 0 radical (unpaired) electrons. The minimum absolute atomic E-state index is 0.0587. The van der Waals surface area contributed by atoms with Crippen molar-refractivity contribution in [2.75, 3.05) is 6.54 Å². The molecule has 98 valence electrons. The first-order valence-electron chi connectivity index (χ1n) is 5.64. The third kappa shape index (κ3) is 3.19. The fourth-order valence-electron chi connectivity index (χ4n) is 1.72. The van der Waals surface area contributed by atoms with Crippen molar-refractivity contribution in [3.63, 3.8) is 0 Å². The number of aromatic nitrogens is 1. The minimum Gasteiger partial charge on any atom is -0.505 e. The van der Waals surface area contributed by atoms with Crippen LogP contribution < -0.4 is 0 Å². The van der Waals surface area contributed by atoms with Crippen LogP contribution >= 0.6 is 0 Å². The van der Waals surface area contributed by atoms with Gasteiger partial charge in [-0.05, 0) is 26.0 Å². The number of pyridine rings is 1. The van der Waals surface area contributed by atoms with Gasteiger partial charge in [-0.3, -0.25) is 9.59 Å². The summed E-state index contributed by atoms with van der Waals surface area (Å²) in [5.74, 6) is -1.65. The van der Waals surface area contributed by atoms with E-state index in [1.807, 2.05) is 0 Å². The Labute approximate surface area is 105 Å². The van der Waals surface area contributed by atoms with E-state index in [4.69, 9.17) is 5.11 Å². The second-order valence-corrected chi connectivity index (χ2v) is 3.91. The summed E-state index contributed by atoms with van der Waals surface area (Å²) in [6.45, 7) is 3.75. The van der Waals surface area contributed by atoms with Crippen LogP contribution in [-0.2, 0) is 4.79 Å². The zero-order valence-electron chi connectivity index (χ0n) is 10.3. The van der Waals surface area contributed by atoms with Gasteiger partial charge in [0.25, 0.3) is 5.91 Å². The summed E-state index contributed by atoms with van der Waals surface area (Å²) in [5, 5.41) is 18.3. The van der Waals surface area contributed by atoms with Crippen molar-refractivity contribution in [3.8, 4) is 5.75 Å². The third-order valence-electron chi connectivity index (χ3n) is 2.59. The molecular formula is C12H16N2O4. The first-order valence-corrected chi connectivity index (χ1v) is 5.64. The van der Waals surface area contributed by atoms with Gasteiger partial charge in [-0.25, -0.2) is 4.98 Å². The summed E-state index contributed by atoms with van der Waals surface area (Å²) in [6.07, 6.45) is 1.26. The zero-order chi connectivity index (χ0) is 13.7. The standard InChI is InChI=1S/C12H16N2O4/c1-3-14(8(2)7-10(16)17)12(18)11-9(15)5-4-6-13-11/h4-6,8,15H,3,7H2,1-2H3,(H,16,17). The number of carbonyl (C=O) groups is 2. The Balaban J connectivity index is 2.92. The van der Waals surface area contributed by atoms with Crippen LogP contribution in [0.3, 0.4) is 0 Å². The maximum atomic E-state index is 12.1. The number of aliphatic carboxylic acids is 1. The quantitative estimate of drug-likeness (QED) is 0.819. The smallest absolute Gasteiger partial charge is 0.305 e. The van der Waals surface area contributed by atoms with E-state index in [-0.39, 0.29) is 17.9 Å². The molecule has 6 heteroatoms. The molecule has 1 rings (SSSR count). The summed E-state index contributed by atoms with van der Waals surface area (Å²) >= 11 is 0. The number of amides is 1. The fraction of sp³-hybridized carbons (Fsp3) is 0.417. The van der Waals surface area contributed by atoms with Crippen molar-refractivity contribution in [2.45, 2.75) is 26.3 Å². The molecule has 1 aromatic rings. The maximum Gasteiger partial charge on any atom is 0.305 e. The van der Waals surface area contributed by atoms with Crippen LogP contribution in [0.1, 0.15) is 30.8 Å². The van der Waals surface area contributed by atoms with Gasteiger partial charge in [0, 0.05) is 18.8 Å². The van der Waals surface area contributed by atoms with Crippen molar-refractivity contribution >= 4 is 11.9 Å². The number of carboxylic acid groups (broad SMARTS) is 1. The average molecular weight is 252 g/mol. The van der Waals surface area contributed by atoms with Crippen molar-refractivity contribution in [1.82, 2.24) is 9.88 Å². The van der Waals surface area contributed by atoms with Crippen LogP contribution in [-0.4, -0.2) is 44.6 Å². The molecule has 1 aromatic heterocycles. The Morgan fingerprint density at radius 1 is 1.50 bits per heavy atom. The van der Waals surface area contributed by atoms with Crippen LogP contribution in [0.5, 0.6) is 5.75 Å². The van der Waals surface area contributed by atoms with Crippen molar-refractivity contribution in [2.24, 2.45) is 0 Å². The summed E-state index contributed by atoms with van der Waals surface area (Å²) in [6, 6.07) is 2.43. The highest BCUT2D eigenvalue weighted by molar-refractivity contribution is 5.95. The molecule has 0 aliphatic carbocycles. The van der Waals surface area contributed by atoms with Crippen molar-refractivity contribution in [3.05, 3.63) is 24.0 Å². The lowest BCUT2D eigenvalue weighted by Crippen LogP contribution is -2.40. The van der Waals surface area contributed by atoms with Gasteiger partial charge >= 0.3 is 5.97 Å². The van der Waals surface area contributed by atoms with Gasteiger partial charge in [0.1, 0.15) is 5.75 Å². The lowest BCUT2D eigenvalue weighted by Gasteiger charge is -2.26. The van der Waals surface area contributed by atoms with Gasteiger partial charge in [-0.2, -0.15) is 0 Å². The second-order valence-electron chi connectivity index (χ2n) is 3.91. The molecule has 6 nitrogen and oxygen atoms in total. The summed E-state index contributed by atoms with van der Waals surface area (Å²) < 4.78 is 0. The van der Waals surface area contributed by atoms with Crippen LogP contribution in [0.4, 0.5) is 0 Å². The van der Waals surface area contributed by atoms with Gasteiger partial charge in [-0.15, -0.1) is 0 Å². The van der Waals surface area contributed by atoms with Crippen LogP contribution in [0.2, 0.25) is 0 Å². The Bertz CT molecular complexity index is 447. The average Bonchev–Trinajstić information content (AvgIpc) is 2.29. The van der Waals surface area contributed by atoms with Crippen molar-refractivity contribution < 1.29 is 19.8 Å². The van der Waals surface area contributed by atoms with Crippen molar-refractivity contribution in [1.29, 1.82) is 0 Å². The third-order valence-corrected chi connectivity index (χ3v) is 2.59. The molecule has 0 aromatic carbocycles. The Hall–Kier alpha value is -2.11. The molecule has 0 bridgehead atoms. The van der Waals surface area contributed by atoms with Gasteiger partial charge in [0.2, 0.25) is 0 Å². The van der Waals surface area contributed by atoms with E-state index in [9.17, 15) is 14.7 Å². The molecule has 1 heterocycles. The molecule has 0 fully saturated rings. The molecule has 0 spiro atoms. The predicted octanol–water partition coefficient (Wildman–Crippen LogP) is 1.11. The van der Waals surface area contributed by atoms with Crippen LogP contribution in [0.15, 0.2) is 18.3 Å². The molecule has 0 aliphatic heterocycles. The number of rotatable bonds is 5. The monoisotopic (exact) mass is 252 g/mol. The number of carboxylic acids is 1. The summed E-state index contributed by atoms with van der Waals surface area (Å²) in [4.78, 5) is 28.0. The van der Waals surface area contributed by atoms with Gasteiger partial charge in [0.05, 0.1) is 6.42 Å². The number of hydrogen-bond donors (Lipinski definition) is 2. The van der Waals surface area contributed by atoms with E-state index in [1.54, 1.807) is 13.8 Å². The van der Waals surface area contributed by atoms with Gasteiger partial charge < -0.3 is 15.1 Å². The molecule has 18 heavy (non-hydrogen) atoms.